The van der Waals surface area contributed by atoms with Gasteiger partial charge in [0.25, 0.3) is 0 Å². The minimum Gasteiger partial charge on any atom is -0.461 e. The van der Waals surface area contributed by atoms with Crippen LogP contribution in [0.4, 0.5) is 5.69 Å². The van der Waals surface area contributed by atoms with Crippen LogP contribution in [0, 0.1) is 0 Å². The molecule has 2 aromatic heterocycles. The zero-order valence-electron chi connectivity index (χ0n) is 13.8. The average molecular weight is 329 g/mol. The fraction of sp³-hybridized carbons (Fsp3) is 0.0952. The van der Waals surface area contributed by atoms with E-state index >= 15 is 0 Å². The first-order valence-corrected chi connectivity index (χ1v) is 8.34. The Morgan fingerprint density at radius 1 is 0.920 bits per heavy atom. The fourth-order valence-electron chi connectivity index (χ4n) is 2.92. The maximum absolute atomic E-state index is 5.94. The van der Waals surface area contributed by atoms with Crippen molar-refractivity contribution >= 4 is 5.69 Å². The Morgan fingerprint density at radius 3 is 2.32 bits per heavy atom. The van der Waals surface area contributed by atoms with Crippen molar-refractivity contribution in [3.05, 3.63) is 85.6 Å². The van der Waals surface area contributed by atoms with Gasteiger partial charge in [-0.15, -0.1) is 0 Å². The highest BCUT2D eigenvalue weighted by molar-refractivity contribution is 5.89. The minimum absolute atomic E-state index is 0.796. The summed E-state index contributed by atoms with van der Waals surface area (Å²) in [4.78, 5) is 4.07. The molecule has 0 aliphatic rings. The monoisotopic (exact) mass is 329 g/mol. The van der Waals surface area contributed by atoms with Crippen LogP contribution in [0.5, 0.6) is 0 Å². The number of aromatic nitrogens is 2. The van der Waals surface area contributed by atoms with Gasteiger partial charge in [-0.05, 0) is 5.56 Å². The molecule has 25 heavy (non-hydrogen) atoms. The molecule has 4 nitrogen and oxygen atoms in total. The topological polar surface area (TPSA) is 43.0 Å². The third-order valence-corrected chi connectivity index (χ3v) is 4.13. The van der Waals surface area contributed by atoms with Gasteiger partial charge in [-0.25, -0.2) is 4.98 Å². The third kappa shape index (κ3) is 3.33. The Morgan fingerprint density at radius 2 is 1.64 bits per heavy atom. The lowest BCUT2D eigenvalue weighted by Crippen LogP contribution is -2.09. The van der Waals surface area contributed by atoms with Crippen LogP contribution in [-0.4, -0.2) is 16.1 Å². The van der Waals surface area contributed by atoms with Crippen LogP contribution in [0.3, 0.4) is 0 Å². The van der Waals surface area contributed by atoms with Gasteiger partial charge < -0.3 is 14.3 Å². The molecule has 0 saturated carbocycles. The molecule has 0 amide bonds. The van der Waals surface area contributed by atoms with E-state index in [2.05, 4.69) is 34.6 Å². The molecule has 0 aliphatic heterocycles. The van der Waals surface area contributed by atoms with E-state index in [-0.39, 0.29) is 0 Å². The van der Waals surface area contributed by atoms with Gasteiger partial charge in [0.15, 0.2) is 0 Å². The number of rotatable bonds is 6. The molecule has 124 valence electrons. The SMILES string of the molecule is c1ccc(-c2occ(NCCn3ccnc3)c2-c2ccccc2)cc1. The van der Waals surface area contributed by atoms with Crippen LogP contribution in [-0.2, 0) is 6.54 Å². The zero-order valence-corrected chi connectivity index (χ0v) is 13.8. The van der Waals surface area contributed by atoms with E-state index in [0.29, 0.717) is 0 Å². The molecule has 1 N–H and O–H groups in total. The Kier molecular flexibility index (Phi) is 4.33. The molecule has 0 atom stereocenters. The number of hydrogen-bond acceptors (Lipinski definition) is 3. The number of nitrogens with zero attached hydrogens (tertiary/aromatic N) is 2. The summed E-state index contributed by atoms with van der Waals surface area (Å²) in [6, 6.07) is 20.5. The van der Waals surface area contributed by atoms with Crippen molar-refractivity contribution in [3.8, 4) is 22.5 Å². The molecule has 4 aromatic rings. The van der Waals surface area contributed by atoms with Gasteiger partial charge in [0.2, 0.25) is 0 Å². The smallest absolute Gasteiger partial charge is 0.143 e. The fourth-order valence-corrected chi connectivity index (χ4v) is 2.92. The highest BCUT2D eigenvalue weighted by atomic mass is 16.3. The number of anilines is 1. The maximum Gasteiger partial charge on any atom is 0.143 e. The summed E-state index contributed by atoms with van der Waals surface area (Å²) in [7, 11) is 0. The Hall–Kier alpha value is -3.27. The molecule has 2 heterocycles. The van der Waals surface area contributed by atoms with E-state index in [1.165, 1.54) is 0 Å². The summed E-state index contributed by atoms with van der Waals surface area (Å²) in [5.74, 6) is 0.886. The first kappa shape index (κ1) is 15.3. The molecule has 0 radical (unpaired) electrons. The summed E-state index contributed by atoms with van der Waals surface area (Å²) in [6.45, 7) is 1.64. The minimum atomic E-state index is 0.796. The van der Waals surface area contributed by atoms with Crippen LogP contribution < -0.4 is 5.32 Å². The number of benzene rings is 2. The molecule has 4 heteroatoms. The molecule has 0 spiro atoms. The van der Waals surface area contributed by atoms with E-state index in [0.717, 1.165) is 41.2 Å². The predicted molar refractivity (Wildman–Crippen MR) is 100 cm³/mol. The van der Waals surface area contributed by atoms with Gasteiger partial charge in [0.05, 0.1) is 17.6 Å². The summed E-state index contributed by atoms with van der Waals surface area (Å²) in [6.07, 6.45) is 7.38. The van der Waals surface area contributed by atoms with Crippen molar-refractivity contribution in [2.24, 2.45) is 0 Å². The van der Waals surface area contributed by atoms with Crippen LogP contribution >= 0.6 is 0 Å². The molecule has 0 saturated heterocycles. The van der Waals surface area contributed by atoms with Crippen LogP contribution in [0.2, 0.25) is 0 Å². The second-order valence-electron chi connectivity index (χ2n) is 5.81. The summed E-state index contributed by atoms with van der Waals surface area (Å²) < 4.78 is 7.99. The number of imidazole rings is 1. The van der Waals surface area contributed by atoms with Crippen molar-refractivity contribution < 1.29 is 4.42 Å². The molecule has 4 rings (SSSR count). The van der Waals surface area contributed by atoms with E-state index in [1.54, 1.807) is 12.5 Å². The number of furan rings is 1. The summed E-state index contributed by atoms with van der Waals surface area (Å²) in [5, 5.41) is 3.50. The van der Waals surface area contributed by atoms with E-state index in [9.17, 15) is 0 Å². The van der Waals surface area contributed by atoms with Crippen molar-refractivity contribution in [2.75, 3.05) is 11.9 Å². The normalized spacial score (nSPS) is 10.7. The van der Waals surface area contributed by atoms with Crippen molar-refractivity contribution in [1.82, 2.24) is 9.55 Å². The summed E-state index contributed by atoms with van der Waals surface area (Å²) >= 11 is 0. The zero-order chi connectivity index (χ0) is 16.9. The number of hydrogen-bond donors (Lipinski definition) is 1. The molecule has 0 bridgehead atoms. The quantitative estimate of drug-likeness (QED) is 0.546. The second kappa shape index (κ2) is 7.09. The van der Waals surface area contributed by atoms with Crippen LogP contribution in [0.15, 0.2) is 90.1 Å². The first-order chi connectivity index (χ1) is 12.4. The van der Waals surface area contributed by atoms with Crippen LogP contribution in [0.1, 0.15) is 0 Å². The third-order valence-electron chi connectivity index (χ3n) is 4.13. The van der Waals surface area contributed by atoms with Crippen molar-refractivity contribution in [1.29, 1.82) is 0 Å². The Labute approximate surface area is 146 Å². The van der Waals surface area contributed by atoms with Gasteiger partial charge in [-0.1, -0.05) is 60.7 Å². The lowest BCUT2D eigenvalue weighted by Gasteiger charge is -2.09. The standard InChI is InChI=1S/C21H19N3O/c1-3-7-17(8-4-1)20-19(23-12-14-24-13-11-22-16-24)15-25-21(20)18-9-5-2-6-10-18/h1-11,13,15-16,23H,12,14H2. The molecular formula is C21H19N3O. The average Bonchev–Trinajstić information content (AvgIpc) is 3.33. The Balaban J connectivity index is 1.66. The molecule has 0 fully saturated rings. The van der Waals surface area contributed by atoms with E-state index in [4.69, 9.17) is 4.42 Å². The molecular weight excluding hydrogens is 310 g/mol. The predicted octanol–water partition coefficient (Wildman–Crippen LogP) is 4.92. The van der Waals surface area contributed by atoms with Gasteiger partial charge in [0, 0.05) is 31.0 Å². The number of nitrogens with one attached hydrogen (secondary N) is 1. The highest BCUT2D eigenvalue weighted by Crippen LogP contribution is 2.39. The summed E-state index contributed by atoms with van der Waals surface area (Å²) in [5.41, 5.74) is 4.31. The van der Waals surface area contributed by atoms with Gasteiger partial charge >= 0.3 is 0 Å². The van der Waals surface area contributed by atoms with Gasteiger partial charge in [-0.3, -0.25) is 0 Å². The van der Waals surface area contributed by atoms with Gasteiger partial charge in [-0.2, -0.15) is 0 Å². The largest absolute Gasteiger partial charge is 0.461 e. The lowest BCUT2D eigenvalue weighted by atomic mass is 10.0. The first-order valence-electron chi connectivity index (χ1n) is 8.34. The highest BCUT2D eigenvalue weighted by Gasteiger charge is 2.16. The Bertz CT molecular complexity index is 912. The maximum atomic E-state index is 5.94. The lowest BCUT2D eigenvalue weighted by molar-refractivity contribution is 0.583. The molecule has 0 aliphatic carbocycles. The van der Waals surface area contributed by atoms with E-state index in [1.807, 2.05) is 53.5 Å². The second-order valence-corrected chi connectivity index (χ2v) is 5.81. The van der Waals surface area contributed by atoms with Crippen molar-refractivity contribution in [3.63, 3.8) is 0 Å². The molecule has 0 unspecified atom stereocenters. The van der Waals surface area contributed by atoms with Crippen molar-refractivity contribution in [2.45, 2.75) is 6.54 Å². The van der Waals surface area contributed by atoms with Crippen LogP contribution in [0.25, 0.3) is 22.5 Å². The van der Waals surface area contributed by atoms with E-state index < -0.39 is 0 Å². The molecule has 2 aromatic carbocycles. The van der Waals surface area contributed by atoms with Gasteiger partial charge in [0.1, 0.15) is 12.0 Å².